The van der Waals surface area contributed by atoms with E-state index in [0.29, 0.717) is 15.6 Å². The first-order chi connectivity index (χ1) is 9.99. The van der Waals surface area contributed by atoms with E-state index in [-0.39, 0.29) is 16.5 Å². The molecule has 0 unspecified atom stereocenters. The van der Waals surface area contributed by atoms with Gasteiger partial charge < -0.3 is 0 Å². The van der Waals surface area contributed by atoms with Gasteiger partial charge in [-0.1, -0.05) is 51.8 Å². The lowest BCUT2D eigenvalue weighted by Gasteiger charge is -1.99. The molecule has 2 rings (SSSR count). The van der Waals surface area contributed by atoms with Gasteiger partial charge in [-0.2, -0.15) is 0 Å². The average Bonchev–Trinajstić information content (AvgIpc) is 2.46. The lowest BCUT2D eigenvalue weighted by molar-refractivity contribution is -0.384. The topological polar surface area (TPSA) is 60.2 Å². The van der Waals surface area contributed by atoms with Crippen LogP contribution in [0.25, 0.3) is 6.08 Å². The Labute approximate surface area is 134 Å². The van der Waals surface area contributed by atoms with Crippen LogP contribution in [0, 0.1) is 10.1 Å². The molecule has 0 fully saturated rings. The summed E-state index contributed by atoms with van der Waals surface area (Å²) in [4.78, 5) is 22.3. The molecule has 4 nitrogen and oxygen atoms in total. The Morgan fingerprint density at radius 2 is 1.95 bits per heavy atom. The summed E-state index contributed by atoms with van der Waals surface area (Å²) in [7, 11) is 0. The van der Waals surface area contributed by atoms with E-state index in [0.717, 1.165) is 0 Å². The summed E-state index contributed by atoms with van der Waals surface area (Å²) in [5.74, 6) is -0.194. The van der Waals surface area contributed by atoms with Gasteiger partial charge in [0.2, 0.25) is 0 Å². The standard InChI is InChI=1S/C15H9BrClNO3/c16-12-4-2-1-3-11(12)15(19)8-6-10-5-7-13(17)14(9-10)18(20)21/h1-9H/b8-6+. The summed E-state index contributed by atoms with van der Waals surface area (Å²) < 4.78 is 0.696. The number of halogens is 2. The van der Waals surface area contributed by atoms with E-state index < -0.39 is 4.92 Å². The van der Waals surface area contributed by atoms with E-state index in [9.17, 15) is 14.9 Å². The third kappa shape index (κ3) is 3.77. The zero-order valence-electron chi connectivity index (χ0n) is 10.6. The Balaban J connectivity index is 2.26. The van der Waals surface area contributed by atoms with Crippen LogP contribution in [0.2, 0.25) is 5.02 Å². The smallest absolute Gasteiger partial charge is 0.288 e. The van der Waals surface area contributed by atoms with Gasteiger partial charge in [0.25, 0.3) is 5.69 Å². The molecule has 0 aliphatic rings. The second-order valence-corrected chi connectivity index (χ2v) is 5.41. The van der Waals surface area contributed by atoms with Gasteiger partial charge in [0, 0.05) is 16.1 Å². The summed E-state index contributed by atoms with van der Waals surface area (Å²) in [5, 5.41) is 10.9. The molecule has 0 spiro atoms. The van der Waals surface area contributed by atoms with Gasteiger partial charge in [0.1, 0.15) is 5.02 Å². The van der Waals surface area contributed by atoms with Gasteiger partial charge in [-0.25, -0.2) is 0 Å². The molecule has 0 atom stereocenters. The van der Waals surface area contributed by atoms with Gasteiger partial charge in [-0.05, 0) is 29.8 Å². The first-order valence-corrected chi connectivity index (χ1v) is 7.07. The molecule has 0 N–H and O–H groups in total. The Morgan fingerprint density at radius 1 is 1.24 bits per heavy atom. The largest absolute Gasteiger partial charge is 0.289 e. The molecule has 21 heavy (non-hydrogen) atoms. The second-order valence-electron chi connectivity index (χ2n) is 4.15. The van der Waals surface area contributed by atoms with Crippen LogP contribution in [0.4, 0.5) is 5.69 Å². The molecule has 6 heteroatoms. The van der Waals surface area contributed by atoms with Gasteiger partial charge in [0.05, 0.1) is 4.92 Å². The monoisotopic (exact) mass is 365 g/mol. The quantitative estimate of drug-likeness (QED) is 0.334. The van der Waals surface area contributed by atoms with Crippen molar-refractivity contribution in [2.24, 2.45) is 0 Å². The lowest BCUT2D eigenvalue weighted by Crippen LogP contribution is -1.95. The minimum atomic E-state index is -0.560. The second kappa shape index (κ2) is 6.65. The van der Waals surface area contributed by atoms with Gasteiger partial charge in [-0.3, -0.25) is 14.9 Å². The molecular weight excluding hydrogens is 358 g/mol. The molecule has 0 heterocycles. The molecular formula is C15H9BrClNO3. The van der Waals surface area contributed by atoms with Crippen molar-refractivity contribution < 1.29 is 9.72 Å². The molecule has 0 aliphatic carbocycles. The van der Waals surface area contributed by atoms with Crippen LogP contribution in [0.15, 0.2) is 53.0 Å². The van der Waals surface area contributed by atoms with Gasteiger partial charge in [-0.15, -0.1) is 0 Å². The number of carbonyl (C=O) groups is 1. The number of carbonyl (C=O) groups excluding carboxylic acids is 1. The Morgan fingerprint density at radius 3 is 2.62 bits per heavy atom. The zero-order valence-corrected chi connectivity index (χ0v) is 13.0. The first kappa shape index (κ1) is 15.4. The van der Waals surface area contributed by atoms with Crippen molar-refractivity contribution in [1.29, 1.82) is 0 Å². The van der Waals surface area contributed by atoms with Gasteiger partial charge >= 0.3 is 0 Å². The number of hydrogen-bond donors (Lipinski definition) is 0. The number of benzene rings is 2. The maximum atomic E-state index is 12.0. The van der Waals surface area contributed by atoms with Crippen molar-refractivity contribution in [3.8, 4) is 0 Å². The number of nitro benzene ring substituents is 1. The Kier molecular flexibility index (Phi) is 4.88. The third-order valence-corrected chi connectivity index (χ3v) is 3.74. The molecule has 2 aromatic carbocycles. The van der Waals surface area contributed by atoms with Crippen molar-refractivity contribution in [3.05, 3.63) is 79.3 Å². The Hall–Kier alpha value is -1.98. The summed E-state index contributed by atoms with van der Waals surface area (Å²) in [5.41, 5.74) is 0.871. The molecule has 2 aromatic rings. The highest BCUT2D eigenvalue weighted by atomic mass is 79.9. The molecule has 0 saturated heterocycles. The van der Waals surface area contributed by atoms with E-state index in [1.807, 2.05) is 6.07 Å². The molecule has 0 radical (unpaired) electrons. The van der Waals surface area contributed by atoms with Crippen molar-refractivity contribution >= 4 is 45.1 Å². The van der Waals surface area contributed by atoms with Crippen molar-refractivity contribution in [2.75, 3.05) is 0 Å². The van der Waals surface area contributed by atoms with Crippen LogP contribution in [-0.2, 0) is 0 Å². The summed E-state index contributed by atoms with van der Waals surface area (Å²) >= 11 is 9.03. The van der Waals surface area contributed by atoms with Crippen LogP contribution in [0.3, 0.4) is 0 Å². The maximum absolute atomic E-state index is 12.0. The molecule has 0 amide bonds. The summed E-state index contributed by atoms with van der Waals surface area (Å²) in [6.07, 6.45) is 2.89. The number of nitro groups is 1. The van der Waals surface area contributed by atoms with Crippen molar-refractivity contribution in [2.45, 2.75) is 0 Å². The summed E-state index contributed by atoms with van der Waals surface area (Å²) in [6.45, 7) is 0. The molecule has 0 aliphatic heterocycles. The number of rotatable bonds is 4. The number of nitrogens with zero attached hydrogens (tertiary/aromatic N) is 1. The predicted octanol–water partition coefficient (Wildman–Crippen LogP) is 4.91. The normalized spacial score (nSPS) is 10.8. The first-order valence-electron chi connectivity index (χ1n) is 5.90. The average molecular weight is 367 g/mol. The lowest BCUT2D eigenvalue weighted by atomic mass is 10.1. The van der Waals surface area contributed by atoms with Crippen LogP contribution < -0.4 is 0 Å². The predicted molar refractivity (Wildman–Crippen MR) is 85.6 cm³/mol. The number of allylic oxidation sites excluding steroid dienone is 1. The highest BCUT2D eigenvalue weighted by molar-refractivity contribution is 9.10. The number of ketones is 1. The highest BCUT2D eigenvalue weighted by Crippen LogP contribution is 2.25. The fourth-order valence-electron chi connectivity index (χ4n) is 1.70. The molecule has 106 valence electrons. The van der Waals surface area contributed by atoms with Crippen molar-refractivity contribution in [3.63, 3.8) is 0 Å². The van der Waals surface area contributed by atoms with Crippen LogP contribution >= 0.6 is 27.5 Å². The van der Waals surface area contributed by atoms with E-state index in [4.69, 9.17) is 11.6 Å². The zero-order chi connectivity index (χ0) is 15.4. The fourth-order valence-corrected chi connectivity index (χ4v) is 2.36. The van der Waals surface area contributed by atoms with E-state index >= 15 is 0 Å². The highest BCUT2D eigenvalue weighted by Gasteiger charge is 2.12. The summed E-state index contributed by atoms with van der Waals surface area (Å²) in [6, 6.07) is 11.4. The molecule has 0 aromatic heterocycles. The fraction of sp³-hybridized carbons (Fsp3) is 0. The maximum Gasteiger partial charge on any atom is 0.288 e. The van der Waals surface area contributed by atoms with Crippen LogP contribution in [0.5, 0.6) is 0 Å². The van der Waals surface area contributed by atoms with E-state index in [1.54, 1.807) is 24.3 Å². The molecule has 0 saturated carbocycles. The Bertz CT molecular complexity index is 743. The van der Waals surface area contributed by atoms with E-state index in [2.05, 4.69) is 15.9 Å². The van der Waals surface area contributed by atoms with E-state index in [1.165, 1.54) is 24.3 Å². The van der Waals surface area contributed by atoms with Crippen LogP contribution in [-0.4, -0.2) is 10.7 Å². The van der Waals surface area contributed by atoms with Crippen LogP contribution in [0.1, 0.15) is 15.9 Å². The van der Waals surface area contributed by atoms with Crippen molar-refractivity contribution in [1.82, 2.24) is 0 Å². The van der Waals surface area contributed by atoms with Gasteiger partial charge in [0.15, 0.2) is 5.78 Å². The third-order valence-electron chi connectivity index (χ3n) is 2.73. The molecule has 0 bridgehead atoms. The minimum Gasteiger partial charge on any atom is -0.289 e. The SMILES string of the molecule is O=C(/C=C/c1ccc(Cl)c([N+](=O)[O-])c1)c1ccccc1Br. The minimum absolute atomic E-state index is 0.0641. The number of hydrogen-bond acceptors (Lipinski definition) is 3.